The monoisotopic (exact) mass is 594 g/mol. The molecule has 0 aliphatic heterocycles. The molecular formula is C33H36F6O3. The van der Waals surface area contributed by atoms with Crippen molar-refractivity contribution < 1.29 is 40.6 Å². The summed E-state index contributed by atoms with van der Waals surface area (Å²) < 4.78 is 91.3. The quantitative estimate of drug-likeness (QED) is 0.236. The van der Waals surface area contributed by atoms with Gasteiger partial charge in [-0.25, -0.2) is 13.2 Å². The van der Waals surface area contributed by atoms with Crippen LogP contribution in [0.15, 0.2) is 30.0 Å². The Balaban J connectivity index is 1.21. The number of fused-ring (bicyclic) bond motifs is 1. The van der Waals surface area contributed by atoms with Crippen molar-refractivity contribution in [1.82, 2.24) is 0 Å². The molecule has 3 aliphatic rings. The topological polar surface area (TPSA) is 35.5 Å². The Morgan fingerprint density at radius 1 is 0.881 bits per heavy atom. The molecular weight excluding hydrogens is 558 g/mol. The third-order valence-corrected chi connectivity index (χ3v) is 9.33. The van der Waals surface area contributed by atoms with Gasteiger partial charge in [0.2, 0.25) is 0 Å². The van der Waals surface area contributed by atoms with Gasteiger partial charge in [-0.05, 0) is 104 Å². The van der Waals surface area contributed by atoms with Crippen LogP contribution >= 0.6 is 0 Å². The molecule has 5 rings (SSSR count). The van der Waals surface area contributed by atoms with Gasteiger partial charge in [-0.2, -0.15) is 0 Å². The largest absolute Gasteiger partial charge is 0.573 e. The van der Waals surface area contributed by atoms with Gasteiger partial charge in [0.1, 0.15) is 17.4 Å². The minimum atomic E-state index is -5.11. The summed E-state index contributed by atoms with van der Waals surface area (Å²) in [7, 11) is 0. The van der Waals surface area contributed by atoms with E-state index in [1.54, 1.807) is 0 Å². The van der Waals surface area contributed by atoms with E-state index >= 15 is 8.78 Å². The van der Waals surface area contributed by atoms with E-state index in [4.69, 9.17) is 4.74 Å². The molecule has 2 fully saturated rings. The number of esters is 1. The molecule has 3 nitrogen and oxygen atoms in total. The zero-order chi connectivity index (χ0) is 30.0. The number of carbonyl (C=O) groups excluding carboxylic acids is 1. The molecule has 42 heavy (non-hydrogen) atoms. The van der Waals surface area contributed by atoms with Crippen LogP contribution in [0.4, 0.5) is 26.3 Å². The molecule has 3 aliphatic carbocycles. The van der Waals surface area contributed by atoms with Crippen LogP contribution in [-0.2, 0) is 16.0 Å². The number of carbonyl (C=O) groups is 1. The lowest BCUT2D eigenvalue weighted by Crippen LogP contribution is -2.29. The van der Waals surface area contributed by atoms with Crippen molar-refractivity contribution in [2.24, 2.45) is 23.7 Å². The minimum Gasteiger partial charge on any atom is -0.431 e. The van der Waals surface area contributed by atoms with Crippen molar-refractivity contribution >= 4 is 12.0 Å². The highest BCUT2D eigenvalue weighted by Crippen LogP contribution is 2.43. The smallest absolute Gasteiger partial charge is 0.431 e. The Morgan fingerprint density at radius 3 is 2.17 bits per heavy atom. The maximum absolute atomic E-state index is 15.4. The van der Waals surface area contributed by atoms with E-state index in [1.807, 2.05) is 0 Å². The maximum atomic E-state index is 15.4. The van der Waals surface area contributed by atoms with Gasteiger partial charge in [0.15, 0.2) is 11.6 Å². The van der Waals surface area contributed by atoms with Crippen molar-refractivity contribution in [3.05, 3.63) is 58.6 Å². The van der Waals surface area contributed by atoms with Crippen molar-refractivity contribution in [3.8, 4) is 16.9 Å². The van der Waals surface area contributed by atoms with Crippen LogP contribution in [0, 0.1) is 41.1 Å². The van der Waals surface area contributed by atoms with Gasteiger partial charge in [0.05, 0.1) is 11.5 Å². The van der Waals surface area contributed by atoms with Gasteiger partial charge in [0, 0.05) is 6.42 Å². The lowest BCUT2D eigenvalue weighted by atomic mass is 9.69. The Labute approximate surface area is 242 Å². The van der Waals surface area contributed by atoms with Crippen LogP contribution in [0.25, 0.3) is 17.2 Å². The van der Waals surface area contributed by atoms with E-state index in [0.717, 1.165) is 49.7 Å². The first-order valence-electron chi connectivity index (χ1n) is 15.0. The third-order valence-electron chi connectivity index (χ3n) is 9.33. The Morgan fingerprint density at radius 2 is 1.55 bits per heavy atom. The van der Waals surface area contributed by atoms with Gasteiger partial charge in [-0.3, -0.25) is 4.79 Å². The third kappa shape index (κ3) is 6.97. The van der Waals surface area contributed by atoms with Gasteiger partial charge in [-0.1, -0.05) is 38.7 Å². The SMILES string of the molecule is CCCC1CCC(C2CCC(C(=O)OC3=Cc4cc(F)c(-c5ccc(OC(F)(F)F)c(F)c5)c(F)c4CC3)CC2)CC1. The standard InChI is InChI=1S/C33H36F6O3/c1-2-3-19-4-6-20(7-5-19)21-8-10-22(11-9-21)32(40)41-25-13-14-26-24(16-25)18-28(35)30(31(26)36)23-12-15-29(27(34)17-23)42-33(37,38)39/h12,15-22H,2-11,13-14H2,1H3. The molecule has 2 aromatic carbocycles. The predicted octanol–water partition coefficient (Wildman–Crippen LogP) is 9.91. The van der Waals surface area contributed by atoms with Crippen LogP contribution in [-0.4, -0.2) is 12.3 Å². The number of rotatable bonds is 7. The predicted molar refractivity (Wildman–Crippen MR) is 147 cm³/mol. The molecule has 0 saturated heterocycles. The molecule has 228 valence electrons. The number of hydrogen-bond donors (Lipinski definition) is 0. The summed E-state index contributed by atoms with van der Waals surface area (Å²) in [6.07, 6.45) is 8.11. The molecule has 2 saturated carbocycles. The number of allylic oxidation sites excluding steroid dienone is 1. The first-order chi connectivity index (χ1) is 20.0. The van der Waals surface area contributed by atoms with Crippen LogP contribution in [0.3, 0.4) is 0 Å². The first-order valence-corrected chi connectivity index (χ1v) is 15.0. The number of halogens is 6. The van der Waals surface area contributed by atoms with Crippen LogP contribution in [0.5, 0.6) is 5.75 Å². The Kier molecular flexibility index (Phi) is 9.23. The summed E-state index contributed by atoms with van der Waals surface area (Å²) in [6, 6.07) is 3.32. The highest BCUT2D eigenvalue weighted by molar-refractivity contribution is 5.76. The van der Waals surface area contributed by atoms with Crippen LogP contribution in [0.2, 0.25) is 0 Å². The summed E-state index contributed by atoms with van der Waals surface area (Å²) >= 11 is 0. The van der Waals surface area contributed by atoms with Crippen LogP contribution < -0.4 is 4.74 Å². The Hall–Kier alpha value is -2.97. The fraction of sp³-hybridized carbons (Fsp3) is 0.545. The molecule has 0 unspecified atom stereocenters. The summed E-state index contributed by atoms with van der Waals surface area (Å²) in [4.78, 5) is 13.0. The summed E-state index contributed by atoms with van der Waals surface area (Å²) in [6.45, 7) is 2.25. The molecule has 0 atom stereocenters. The number of ether oxygens (including phenoxy) is 2. The van der Waals surface area contributed by atoms with Gasteiger partial charge >= 0.3 is 12.3 Å². The average molecular weight is 595 g/mol. The zero-order valence-corrected chi connectivity index (χ0v) is 23.7. The number of benzene rings is 2. The van der Waals surface area contributed by atoms with Crippen molar-refractivity contribution in [2.45, 2.75) is 90.3 Å². The van der Waals surface area contributed by atoms with Gasteiger partial charge in [0.25, 0.3) is 0 Å². The maximum Gasteiger partial charge on any atom is 0.573 e. The lowest BCUT2D eigenvalue weighted by molar-refractivity contribution is -0.275. The number of alkyl halides is 3. The van der Waals surface area contributed by atoms with Crippen molar-refractivity contribution in [2.75, 3.05) is 0 Å². The molecule has 0 bridgehead atoms. The fourth-order valence-corrected chi connectivity index (χ4v) is 7.16. The molecule has 0 N–H and O–H groups in total. The van der Waals surface area contributed by atoms with E-state index < -0.39 is 35.1 Å². The molecule has 0 radical (unpaired) electrons. The van der Waals surface area contributed by atoms with E-state index in [-0.39, 0.29) is 41.4 Å². The highest BCUT2D eigenvalue weighted by atomic mass is 19.4. The molecule has 9 heteroatoms. The summed E-state index contributed by atoms with van der Waals surface area (Å²) in [5.74, 6) is -2.29. The minimum absolute atomic E-state index is 0.124. The molecule has 0 amide bonds. The molecule has 0 spiro atoms. The molecule has 2 aromatic rings. The van der Waals surface area contributed by atoms with Crippen molar-refractivity contribution in [1.29, 1.82) is 0 Å². The number of hydrogen-bond acceptors (Lipinski definition) is 3. The molecule has 0 heterocycles. The summed E-state index contributed by atoms with van der Waals surface area (Å²) in [5.41, 5.74) is -0.430. The zero-order valence-electron chi connectivity index (χ0n) is 23.7. The first kappa shape index (κ1) is 30.5. The average Bonchev–Trinajstić information content (AvgIpc) is 2.94. The second-order valence-corrected chi connectivity index (χ2v) is 12.0. The second-order valence-electron chi connectivity index (χ2n) is 12.0. The fourth-order valence-electron chi connectivity index (χ4n) is 7.16. The lowest BCUT2D eigenvalue weighted by Gasteiger charge is -2.37. The second kappa shape index (κ2) is 12.7. The van der Waals surface area contributed by atoms with E-state index in [0.29, 0.717) is 23.8 Å². The highest BCUT2D eigenvalue weighted by Gasteiger charge is 2.35. The van der Waals surface area contributed by atoms with Crippen molar-refractivity contribution in [3.63, 3.8) is 0 Å². The van der Waals surface area contributed by atoms with E-state index in [2.05, 4.69) is 11.7 Å². The van der Waals surface area contributed by atoms with E-state index in [9.17, 15) is 22.4 Å². The van der Waals surface area contributed by atoms with Crippen LogP contribution in [0.1, 0.15) is 88.7 Å². The summed E-state index contributed by atoms with van der Waals surface area (Å²) in [5, 5.41) is 0. The normalized spacial score (nSPS) is 24.5. The van der Waals surface area contributed by atoms with Gasteiger partial charge < -0.3 is 9.47 Å². The van der Waals surface area contributed by atoms with E-state index in [1.165, 1.54) is 44.6 Å². The Bertz CT molecular complexity index is 1320. The van der Waals surface area contributed by atoms with Gasteiger partial charge in [-0.15, -0.1) is 13.2 Å². The molecule has 0 aromatic heterocycles.